The first-order valence-corrected chi connectivity index (χ1v) is 5.94. The van der Waals surface area contributed by atoms with Gasteiger partial charge in [0.2, 0.25) is 0 Å². The zero-order valence-corrected chi connectivity index (χ0v) is 10.3. The van der Waals surface area contributed by atoms with Gasteiger partial charge >= 0.3 is 6.18 Å². The lowest BCUT2D eigenvalue weighted by molar-refractivity contribution is -0.183. The fourth-order valence-electron chi connectivity index (χ4n) is 1.10. The standard InChI is InChI=1S/C10H9F4IO/c11-8-3-1-7(2-4-8)9(5-15)16-6-10(12,13)14/h1-4,9H,5-6H2. The summed E-state index contributed by atoms with van der Waals surface area (Å²) in [6, 6.07) is 5.25. The van der Waals surface area contributed by atoms with Gasteiger partial charge in [0, 0.05) is 4.43 Å². The predicted octanol–water partition coefficient (Wildman–Crippen LogP) is 3.88. The van der Waals surface area contributed by atoms with Crippen molar-refractivity contribution >= 4 is 22.6 Å². The van der Waals surface area contributed by atoms with Crippen molar-refractivity contribution in [3.05, 3.63) is 35.6 Å². The number of ether oxygens (including phenoxy) is 1. The molecule has 0 heterocycles. The average Bonchev–Trinajstić information content (AvgIpc) is 2.20. The molecule has 0 aromatic heterocycles. The molecular formula is C10H9F4IO. The minimum Gasteiger partial charge on any atom is -0.363 e. The van der Waals surface area contributed by atoms with E-state index in [-0.39, 0.29) is 0 Å². The van der Waals surface area contributed by atoms with Crippen LogP contribution in [0.15, 0.2) is 24.3 Å². The monoisotopic (exact) mass is 348 g/mol. The number of rotatable bonds is 4. The van der Waals surface area contributed by atoms with E-state index in [1.807, 2.05) is 22.6 Å². The Morgan fingerprint density at radius 2 is 1.75 bits per heavy atom. The van der Waals surface area contributed by atoms with Gasteiger partial charge in [0.25, 0.3) is 0 Å². The first kappa shape index (κ1) is 13.7. The van der Waals surface area contributed by atoms with Gasteiger partial charge < -0.3 is 4.74 Å². The van der Waals surface area contributed by atoms with Gasteiger partial charge in [-0.05, 0) is 17.7 Å². The molecule has 0 aliphatic rings. The summed E-state index contributed by atoms with van der Waals surface area (Å²) in [5.74, 6) is -0.424. The largest absolute Gasteiger partial charge is 0.411 e. The lowest BCUT2D eigenvalue weighted by Crippen LogP contribution is -2.20. The maximum atomic E-state index is 12.6. The third-order valence-corrected chi connectivity index (χ3v) is 2.63. The molecule has 1 rings (SSSR count). The summed E-state index contributed by atoms with van der Waals surface area (Å²) in [6.45, 7) is -1.29. The van der Waals surface area contributed by atoms with Crippen molar-refractivity contribution in [3.8, 4) is 0 Å². The van der Waals surface area contributed by atoms with Crippen LogP contribution in [0.25, 0.3) is 0 Å². The summed E-state index contributed by atoms with van der Waals surface area (Å²) in [5.41, 5.74) is 0.542. The third-order valence-electron chi connectivity index (χ3n) is 1.83. The van der Waals surface area contributed by atoms with Crippen LogP contribution >= 0.6 is 22.6 Å². The van der Waals surface area contributed by atoms with Crippen molar-refractivity contribution < 1.29 is 22.3 Å². The van der Waals surface area contributed by atoms with Crippen LogP contribution < -0.4 is 0 Å². The Kier molecular flexibility index (Phi) is 4.97. The van der Waals surface area contributed by atoms with Crippen LogP contribution in [-0.4, -0.2) is 17.2 Å². The van der Waals surface area contributed by atoms with E-state index in [0.717, 1.165) is 0 Å². The van der Waals surface area contributed by atoms with E-state index in [2.05, 4.69) is 0 Å². The molecule has 0 saturated heterocycles. The molecule has 0 spiro atoms. The van der Waals surface area contributed by atoms with Crippen LogP contribution in [0.5, 0.6) is 0 Å². The van der Waals surface area contributed by atoms with E-state index < -0.39 is 24.7 Å². The predicted molar refractivity (Wildman–Crippen MR) is 60.0 cm³/mol. The molecule has 0 aliphatic carbocycles. The van der Waals surface area contributed by atoms with Crippen molar-refractivity contribution in [1.29, 1.82) is 0 Å². The SMILES string of the molecule is Fc1ccc(C(CI)OCC(F)(F)F)cc1. The first-order chi connectivity index (χ1) is 7.42. The molecule has 0 saturated carbocycles. The molecule has 0 aliphatic heterocycles. The van der Waals surface area contributed by atoms with Gasteiger partial charge in [0.15, 0.2) is 0 Å². The smallest absolute Gasteiger partial charge is 0.363 e. The van der Waals surface area contributed by atoms with Crippen molar-refractivity contribution in [2.24, 2.45) is 0 Å². The molecule has 90 valence electrons. The highest BCUT2D eigenvalue weighted by atomic mass is 127. The molecule has 6 heteroatoms. The summed E-state index contributed by atoms with van der Waals surface area (Å²) < 4.78 is 53.5. The molecule has 0 N–H and O–H groups in total. The van der Waals surface area contributed by atoms with Crippen molar-refractivity contribution in [2.45, 2.75) is 12.3 Å². The third kappa shape index (κ3) is 4.65. The Morgan fingerprint density at radius 1 is 1.19 bits per heavy atom. The summed E-state index contributed by atoms with van der Waals surface area (Å²) in [4.78, 5) is 0. The molecule has 1 atom stereocenters. The van der Waals surface area contributed by atoms with Crippen LogP contribution in [0.3, 0.4) is 0 Å². The van der Waals surface area contributed by atoms with Gasteiger partial charge in [0.05, 0.1) is 6.10 Å². The highest BCUT2D eigenvalue weighted by Gasteiger charge is 2.29. The number of alkyl halides is 4. The highest BCUT2D eigenvalue weighted by Crippen LogP contribution is 2.24. The van der Waals surface area contributed by atoms with E-state index in [0.29, 0.717) is 9.99 Å². The Hall–Kier alpha value is -0.370. The van der Waals surface area contributed by atoms with E-state index >= 15 is 0 Å². The Labute approximate surface area is 104 Å². The quantitative estimate of drug-likeness (QED) is 0.456. The molecule has 0 bridgehead atoms. The van der Waals surface area contributed by atoms with Gasteiger partial charge in [-0.1, -0.05) is 34.7 Å². The zero-order chi connectivity index (χ0) is 12.2. The molecule has 1 unspecified atom stereocenters. The average molecular weight is 348 g/mol. The van der Waals surface area contributed by atoms with Crippen LogP contribution in [0, 0.1) is 5.82 Å². The highest BCUT2D eigenvalue weighted by molar-refractivity contribution is 14.1. The summed E-state index contributed by atoms with van der Waals surface area (Å²) in [5, 5.41) is 0. The molecule has 16 heavy (non-hydrogen) atoms. The fourth-order valence-corrected chi connectivity index (χ4v) is 1.87. The molecule has 0 amide bonds. The normalized spacial score (nSPS) is 13.8. The Balaban J connectivity index is 2.64. The summed E-state index contributed by atoms with van der Waals surface area (Å²) in [7, 11) is 0. The maximum Gasteiger partial charge on any atom is 0.411 e. The second-order valence-electron chi connectivity index (χ2n) is 3.12. The topological polar surface area (TPSA) is 9.23 Å². The van der Waals surface area contributed by atoms with E-state index in [1.165, 1.54) is 24.3 Å². The molecule has 1 aromatic rings. The lowest BCUT2D eigenvalue weighted by atomic mass is 10.1. The number of benzene rings is 1. The van der Waals surface area contributed by atoms with Crippen LogP contribution in [0.4, 0.5) is 17.6 Å². The van der Waals surface area contributed by atoms with Gasteiger partial charge in [-0.3, -0.25) is 0 Å². The zero-order valence-electron chi connectivity index (χ0n) is 8.10. The number of halogens is 5. The molecule has 1 nitrogen and oxygen atoms in total. The molecular weight excluding hydrogens is 339 g/mol. The van der Waals surface area contributed by atoms with Crippen molar-refractivity contribution in [3.63, 3.8) is 0 Å². The van der Waals surface area contributed by atoms with E-state index in [9.17, 15) is 17.6 Å². The van der Waals surface area contributed by atoms with E-state index in [4.69, 9.17) is 4.74 Å². The number of hydrogen-bond acceptors (Lipinski definition) is 1. The van der Waals surface area contributed by atoms with Crippen molar-refractivity contribution in [1.82, 2.24) is 0 Å². The molecule has 0 fully saturated rings. The van der Waals surface area contributed by atoms with Crippen LogP contribution in [0.1, 0.15) is 11.7 Å². The second-order valence-corrected chi connectivity index (χ2v) is 4.00. The van der Waals surface area contributed by atoms with Gasteiger partial charge in [-0.15, -0.1) is 0 Å². The lowest BCUT2D eigenvalue weighted by Gasteiger charge is -2.17. The van der Waals surface area contributed by atoms with Gasteiger partial charge in [0.1, 0.15) is 12.4 Å². The minimum absolute atomic E-state index is 0.374. The summed E-state index contributed by atoms with van der Waals surface area (Å²) in [6.07, 6.45) is -5.01. The second kappa shape index (κ2) is 5.81. The van der Waals surface area contributed by atoms with Gasteiger partial charge in [-0.25, -0.2) is 4.39 Å². The Bertz CT molecular complexity index is 323. The van der Waals surface area contributed by atoms with Crippen LogP contribution in [0.2, 0.25) is 0 Å². The molecule has 0 radical (unpaired) electrons. The van der Waals surface area contributed by atoms with Crippen molar-refractivity contribution in [2.75, 3.05) is 11.0 Å². The van der Waals surface area contributed by atoms with Crippen LogP contribution in [-0.2, 0) is 4.74 Å². The minimum atomic E-state index is -4.34. The maximum absolute atomic E-state index is 12.6. The fraction of sp³-hybridized carbons (Fsp3) is 0.400. The summed E-state index contributed by atoms with van der Waals surface area (Å²) >= 11 is 1.93. The van der Waals surface area contributed by atoms with Gasteiger partial charge in [-0.2, -0.15) is 13.2 Å². The Morgan fingerprint density at radius 3 is 2.19 bits per heavy atom. The first-order valence-electron chi connectivity index (χ1n) is 4.42. The van der Waals surface area contributed by atoms with E-state index in [1.54, 1.807) is 0 Å². The molecule has 1 aromatic carbocycles. The number of hydrogen-bond donors (Lipinski definition) is 0.